The maximum Gasteiger partial charge on any atom is 0.0992 e. The number of aromatic nitrogens is 2. The summed E-state index contributed by atoms with van der Waals surface area (Å²) in [4.78, 5) is 4.08. The molecule has 1 fully saturated rings. The van der Waals surface area contributed by atoms with E-state index in [1.807, 2.05) is 22.9 Å². The van der Waals surface area contributed by atoms with Crippen LogP contribution in [0, 0.1) is 5.92 Å². The highest BCUT2D eigenvalue weighted by molar-refractivity contribution is 6.33. The highest BCUT2D eigenvalue weighted by Gasteiger charge is 2.28. The molecule has 1 aliphatic carbocycles. The average molecular weight is 262 g/mol. The second-order valence-electron chi connectivity index (χ2n) is 4.88. The zero-order valence-electron chi connectivity index (χ0n) is 10.3. The van der Waals surface area contributed by atoms with Gasteiger partial charge in [-0.25, -0.2) is 4.98 Å². The fourth-order valence-corrected chi connectivity index (χ4v) is 2.52. The van der Waals surface area contributed by atoms with Gasteiger partial charge in [0.15, 0.2) is 0 Å². The van der Waals surface area contributed by atoms with Gasteiger partial charge in [0.25, 0.3) is 0 Å². The normalized spacial score (nSPS) is 16.6. The lowest BCUT2D eigenvalue weighted by Gasteiger charge is -2.18. The van der Waals surface area contributed by atoms with E-state index in [1.54, 1.807) is 12.5 Å². The molecule has 0 radical (unpaired) electrons. The predicted molar refractivity (Wildman–Crippen MR) is 74.4 cm³/mol. The van der Waals surface area contributed by atoms with Crippen molar-refractivity contribution in [3.63, 3.8) is 0 Å². The van der Waals surface area contributed by atoms with Crippen LogP contribution in [0.3, 0.4) is 0 Å². The zero-order valence-corrected chi connectivity index (χ0v) is 11.1. The molecule has 4 heteroatoms. The number of nitrogens with one attached hydrogen (secondary N) is 1. The summed E-state index contributed by atoms with van der Waals surface area (Å²) in [7, 11) is 0. The lowest BCUT2D eigenvalue weighted by molar-refractivity contribution is 0.693. The van der Waals surface area contributed by atoms with Crippen molar-refractivity contribution in [3.8, 4) is 5.69 Å². The molecule has 1 aliphatic rings. The Kier molecular flexibility index (Phi) is 3.00. The van der Waals surface area contributed by atoms with Gasteiger partial charge in [-0.3, -0.25) is 0 Å². The molecule has 1 saturated carbocycles. The summed E-state index contributed by atoms with van der Waals surface area (Å²) in [5, 5.41) is 4.31. The third-order valence-electron chi connectivity index (χ3n) is 3.46. The molecule has 2 aromatic rings. The minimum absolute atomic E-state index is 0.491. The summed E-state index contributed by atoms with van der Waals surface area (Å²) < 4.78 is 1.95. The van der Waals surface area contributed by atoms with Crippen LogP contribution in [-0.2, 0) is 0 Å². The second-order valence-corrected chi connectivity index (χ2v) is 5.28. The van der Waals surface area contributed by atoms with E-state index in [9.17, 15) is 0 Å². The molecule has 3 rings (SSSR count). The molecule has 1 N–H and O–H groups in total. The second kappa shape index (κ2) is 4.65. The largest absolute Gasteiger partial charge is 0.381 e. The van der Waals surface area contributed by atoms with Gasteiger partial charge in [-0.1, -0.05) is 17.7 Å². The Hall–Kier alpha value is -1.48. The van der Waals surface area contributed by atoms with E-state index in [0.717, 1.165) is 22.3 Å². The van der Waals surface area contributed by atoms with E-state index in [0.29, 0.717) is 6.04 Å². The SMILES string of the molecule is CC(Nc1cccc(Cl)c1-n1ccnc1)C1CC1. The first-order valence-electron chi connectivity index (χ1n) is 6.29. The number of imidazole rings is 1. The average Bonchev–Trinajstić information content (AvgIpc) is 3.07. The van der Waals surface area contributed by atoms with E-state index in [2.05, 4.69) is 23.3 Å². The van der Waals surface area contributed by atoms with Crippen LogP contribution in [0.4, 0.5) is 5.69 Å². The van der Waals surface area contributed by atoms with Gasteiger partial charge in [0.2, 0.25) is 0 Å². The Morgan fingerprint density at radius 3 is 2.94 bits per heavy atom. The number of anilines is 1. The van der Waals surface area contributed by atoms with Crippen LogP contribution < -0.4 is 5.32 Å². The molecule has 0 bridgehead atoms. The van der Waals surface area contributed by atoms with E-state index < -0.39 is 0 Å². The van der Waals surface area contributed by atoms with Crippen molar-refractivity contribution in [2.24, 2.45) is 5.92 Å². The summed E-state index contributed by atoms with van der Waals surface area (Å²) in [6, 6.07) is 6.44. The van der Waals surface area contributed by atoms with Gasteiger partial charge in [-0.2, -0.15) is 0 Å². The summed E-state index contributed by atoms with van der Waals surface area (Å²) in [6.45, 7) is 2.23. The van der Waals surface area contributed by atoms with Crippen molar-refractivity contribution < 1.29 is 0 Å². The molecule has 1 heterocycles. The molecular formula is C14H16ClN3. The lowest BCUT2D eigenvalue weighted by atomic mass is 10.2. The van der Waals surface area contributed by atoms with Crippen molar-refractivity contribution in [2.45, 2.75) is 25.8 Å². The number of para-hydroxylation sites is 1. The third kappa shape index (κ3) is 2.23. The molecule has 1 aromatic heterocycles. The molecule has 3 nitrogen and oxygen atoms in total. The van der Waals surface area contributed by atoms with Crippen molar-refractivity contribution in [1.82, 2.24) is 9.55 Å². The first kappa shape index (κ1) is 11.6. The highest BCUT2D eigenvalue weighted by atomic mass is 35.5. The molecule has 1 aromatic carbocycles. The minimum atomic E-state index is 0.491. The number of halogens is 1. The molecule has 94 valence electrons. The summed E-state index contributed by atoms with van der Waals surface area (Å²) >= 11 is 6.31. The number of rotatable bonds is 4. The van der Waals surface area contributed by atoms with Crippen molar-refractivity contribution in [3.05, 3.63) is 41.9 Å². The monoisotopic (exact) mass is 261 g/mol. The maximum absolute atomic E-state index is 6.31. The van der Waals surface area contributed by atoms with Crippen molar-refractivity contribution in [2.75, 3.05) is 5.32 Å². The van der Waals surface area contributed by atoms with Crippen LogP contribution in [0.15, 0.2) is 36.9 Å². The third-order valence-corrected chi connectivity index (χ3v) is 3.77. The molecule has 0 aliphatic heterocycles. The van der Waals surface area contributed by atoms with Crippen LogP contribution in [0.25, 0.3) is 5.69 Å². The molecule has 0 saturated heterocycles. The molecule has 0 spiro atoms. The molecule has 1 atom stereocenters. The Labute approximate surface area is 112 Å². The Bertz CT molecular complexity index is 532. The van der Waals surface area contributed by atoms with Crippen LogP contribution in [0.2, 0.25) is 5.02 Å². The predicted octanol–water partition coefficient (Wildman–Crippen LogP) is 3.74. The van der Waals surface area contributed by atoms with Crippen molar-refractivity contribution >= 4 is 17.3 Å². The van der Waals surface area contributed by atoms with Gasteiger partial charge >= 0.3 is 0 Å². The smallest absolute Gasteiger partial charge is 0.0992 e. The van der Waals surface area contributed by atoms with Crippen LogP contribution >= 0.6 is 11.6 Å². The van der Waals surface area contributed by atoms with Crippen molar-refractivity contribution in [1.29, 1.82) is 0 Å². The fourth-order valence-electron chi connectivity index (χ4n) is 2.24. The first-order chi connectivity index (χ1) is 8.75. The molecule has 0 amide bonds. The summed E-state index contributed by atoms with van der Waals surface area (Å²) in [5.74, 6) is 0.805. The number of nitrogens with zero attached hydrogens (tertiary/aromatic N) is 2. The molecular weight excluding hydrogens is 246 g/mol. The number of hydrogen-bond acceptors (Lipinski definition) is 2. The van der Waals surface area contributed by atoms with E-state index in [1.165, 1.54) is 12.8 Å². The minimum Gasteiger partial charge on any atom is -0.381 e. The summed E-state index contributed by atoms with van der Waals surface area (Å²) in [6.07, 6.45) is 8.10. The maximum atomic E-state index is 6.31. The number of hydrogen-bond donors (Lipinski definition) is 1. The highest BCUT2D eigenvalue weighted by Crippen LogP contribution is 2.36. The first-order valence-corrected chi connectivity index (χ1v) is 6.67. The quantitative estimate of drug-likeness (QED) is 0.909. The Morgan fingerprint density at radius 2 is 2.28 bits per heavy atom. The lowest BCUT2D eigenvalue weighted by Crippen LogP contribution is -2.18. The van der Waals surface area contributed by atoms with Crippen LogP contribution in [0.5, 0.6) is 0 Å². The van der Waals surface area contributed by atoms with Gasteiger partial charge < -0.3 is 9.88 Å². The molecule has 18 heavy (non-hydrogen) atoms. The van der Waals surface area contributed by atoms with E-state index in [4.69, 9.17) is 11.6 Å². The summed E-state index contributed by atoms with van der Waals surface area (Å²) in [5.41, 5.74) is 2.05. The standard InChI is InChI=1S/C14H16ClN3/c1-10(11-5-6-11)17-13-4-2-3-12(15)14(13)18-8-7-16-9-18/h2-4,7-11,17H,5-6H2,1H3. The Balaban J connectivity index is 1.95. The van der Waals surface area contributed by atoms with Gasteiger partial charge in [0.1, 0.15) is 0 Å². The van der Waals surface area contributed by atoms with Gasteiger partial charge in [0.05, 0.1) is 22.7 Å². The fraction of sp³-hybridized carbons (Fsp3) is 0.357. The number of benzene rings is 1. The van der Waals surface area contributed by atoms with E-state index in [-0.39, 0.29) is 0 Å². The topological polar surface area (TPSA) is 29.9 Å². The molecule has 1 unspecified atom stereocenters. The zero-order chi connectivity index (χ0) is 12.5. The van der Waals surface area contributed by atoms with E-state index >= 15 is 0 Å². The van der Waals surface area contributed by atoms with Gasteiger partial charge in [-0.05, 0) is 37.8 Å². The van der Waals surface area contributed by atoms with Gasteiger partial charge in [0, 0.05) is 18.4 Å². The van der Waals surface area contributed by atoms with Crippen LogP contribution in [-0.4, -0.2) is 15.6 Å². The Morgan fingerprint density at radius 1 is 1.44 bits per heavy atom. The van der Waals surface area contributed by atoms with Gasteiger partial charge in [-0.15, -0.1) is 0 Å². The van der Waals surface area contributed by atoms with Crippen LogP contribution in [0.1, 0.15) is 19.8 Å².